The molecule has 1 aliphatic rings. The van der Waals surface area contributed by atoms with Crippen molar-refractivity contribution in [1.29, 1.82) is 0 Å². The minimum atomic E-state index is 0.334. The molecule has 2 rings (SSSR count). The molecule has 0 amide bonds. The van der Waals surface area contributed by atoms with Crippen LogP contribution in [0.25, 0.3) is 0 Å². The van der Waals surface area contributed by atoms with Crippen LogP contribution in [0.5, 0.6) is 0 Å². The smallest absolute Gasteiger partial charge is 0.0665 e. The largest absolute Gasteiger partial charge is 0.376 e. The van der Waals surface area contributed by atoms with Crippen LogP contribution in [0.4, 0.5) is 0 Å². The number of nitrogens with one attached hydrogen (secondary N) is 1. The van der Waals surface area contributed by atoms with Crippen LogP contribution in [0.1, 0.15) is 55.3 Å². The van der Waals surface area contributed by atoms with E-state index in [1.54, 1.807) is 0 Å². The van der Waals surface area contributed by atoms with Gasteiger partial charge < -0.3 is 10.1 Å². The summed E-state index contributed by atoms with van der Waals surface area (Å²) in [6.07, 6.45) is 5.49. The van der Waals surface area contributed by atoms with Gasteiger partial charge in [0, 0.05) is 0 Å². The summed E-state index contributed by atoms with van der Waals surface area (Å²) in [5.74, 6) is 0. The van der Waals surface area contributed by atoms with Gasteiger partial charge in [0.15, 0.2) is 0 Å². The predicted octanol–water partition coefficient (Wildman–Crippen LogP) is 3.91. The molecular weight excluding hydrogens is 234 g/mol. The fourth-order valence-corrected chi connectivity index (χ4v) is 2.48. The number of hydrogen-bond acceptors (Lipinski definition) is 2. The van der Waals surface area contributed by atoms with Crippen LogP contribution in [0.3, 0.4) is 0 Å². The molecule has 1 saturated carbocycles. The molecule has 19 heavy (non-hydrogen) atoms. The van der Waals surface area contributed by atoms with Gasteiger partial charge in [0.2, 0.25) is 0 Å². The maximum absolute atomic E-state index is 6.02. The van der Waals surface area contributed by atoms with Gasteiger partial charge in [-0.15, -0.1) is 0 Å². The predicted molar refractivity (Wildman–Crippen MR) is 80.5 cm³/mol. The summed E-state index contributed by atoms with van der Waals surface area (Å²) in [5.41, 5.74) is 4.08. The number of benzene rings is 1. The molecule has 1 atom stereocenters. The van der Waals surface area contributed by atoms with Crippen LogP contribution < -0.4 is 5.32 Å². The molecule has 0 bridgehead atoms. The van der Waals surface area contributed by atoms with Gasteiger partial charge >= 0.3 is 0 Å². The van der Waals surface area contributed by atoms with E-state index in [4.69, 9.17) is 4.74 Å². The number of hydrogen-bond donors (Lipinski definition) is 1. The fourth-order valence-electron chi connectivity index (χ4n) is 2.48. The quantitative estimate of drug-likeness (QED) is 0.803. The molecule has 0 aliphatic heterocycles. The highest BCUT2D eigenvalue weighted by Gasteiger charge is 2.21. The molecule has 1 aliphatic carbocycles. The monoisotopic (exact) mass is 261 g/mol. The zero-order valence-electron chi connectivity index (χ0n) is 12.5. The Kier molecular flexibility index (Phi) is 5.41. The van der Waals surface area contributed by atoms with Crippen LogP contribution in [0.15, 0.2) is 18.2 Å². The third kappa shape index (κ3) is 4.05. The van der Waals surface area contributed by atoms with E-state index in [2.05, 4.69) is 44.3 Å². The van der Waals surface area contributed by atoms with Crippen molar-refractivity contribution in [2.45, 2.75) is 58.6 Å². The molecule has 0 heterocycles. The summed E-state index contributed by atoms with van der Waals surface area (Å²) < 4.78 is 6.02. The van der Waals surface area contributed by atoms with E-state index in [0.29, 0.717) is 12.1 Å². The lowest BCUT2D eigenvalue weighted by atomic mass is 9.95. The van der Waals surface area contributed by atoms with E-state index in [-0.39, 0.29) is 0 Å². The van der Waals surface area contributed by atoms with Crippen molar-refractivity contribution in [3.8, 4) is 0 Å². The number of rotatable bonds is 7. The normalized spacial score (nSPS) is 17.2. The average molecular weight is 261 g/mol. The Morgan fingerprint density at radius 1 is 1.32 bits per heavy atom. The van der Waals surface area contributed by atoms with Crippen LogP contribution in [0.2, 0.25) is 0 Å². The molecular formula is C17H27NO. The molecule has 1 aromatic carbocycles. The van der Waals surface area contributed by atoms with Crippen LogP contribution >= 0.6 is 0 Å². The Morgan fingerprint density at radius 3 is 2.74 bits per heavy atom. The first-order valence-electron chi connectivity index (χ1n) is 7.63. The summed E-state index contributed by atoms with van der Waals surface area (Å²) >= 11 is 0. The summed E-state index contributed by atoms with van der Waals surface area (Å²) in [6.45, 7) is 8.41. The first kappa shape index (κ1) is 14.5. The van der Waals surface area contributed by atoms with Gasteiger partial charge in [0.25, 0.3) is 0 Å². The molecule has 1 N–H and O–H groups in total. The minimum Gasteiger partial charge on any atom is -0.376 e. The van der Waals surface area contributed by atoms with Crippen LogP contribution in [-0.2, 0) is 4.74 Å². The van der Waals surface area contributed by atoms with E-state index < -0.39 is 0 Å². The molecule has 0 spiro atoms. The highest BCUT2D eigenvalue weighted by Crippen LogP contribution is 2.25. The molecule has 2 nitrogen and oxygen atoms in total. The standard InChI is InChI=1S/C17H27NO/c1-4-10-18-17(12-19-15-6-5-7-15)16-11-13(2)8-9-14(16)3/h8-9,11,15,17-18H,4-7,10,12H2,1-3H3. The minimum absolute atomic E-state index is 0.334. The van der Waals surface area contributed by atoms with Crippen molar-refractivity contribution in [1.82, 2.24) is 5.32 Å². The summed E-state index contributed by atoms with van der Waals surface area (Å²) in [5, 5.41) is 3.63. The van der Waals surface area contributed by atoms with Gasteiger partial charge in [-0.25, -0.2) is 0 Å². The molecule has 2 heteroatoms. The fraction of sp³-hybridized carbons (Fsp3) is 0.647. The van der Waals surface area contributed by atoms with Crippen molar-refractivity contribution < 1.29 is 4.74 Å². The number of ether oxygens (including phenoxy) is 1. The maximum Gasteiger partial charge on any atom is 0.0665 e. The van der Waals surface area contributed by atoms with Crippen LogP contribution in [-0.4, -0.2) is 19.3 Å². The molecule has 1 aromatic rings. The lowest BCUT2D eigenvalue weighted by molar-refractivity contribution is -0.00883. The van der Waals surface area contributed by atoms with E-state index >= 15 is 0 Å². The Balaban J connectivity index is 2.03. The Bertz CT molecular complexity index is 398. The summed E-state index contributed by atoms with van der Waals surface area (Å²) in [6, 6.07) is 7.03. The third-order valence-electron chi connectivity index (χ3n) is 4.00. The zero-order chi connectivity index (χ0) is 13.7. The SMILES string of the molecule is CCCNC(COC1CCC1)c1cc(C)ccc1C. The lowest BCUT2D eigenvalue weighted by Gasteiger charge is -2.29. The second kappa shape index (κ2) is 7.06. The summed E-state index contributed by atoms with van der Waals surface area (Å²) in [7, 11) is 0. The van der Waals surface area contributed by atoms with Gasteiger partial charge in [-0.05, 0) is 57.2 Å². The van der Waals surface area contributed by atoms with E-state index in [9.17, 15) is 0 Å². The topological polar surface area (TPSA) is 21.3 Å². The highest BCUT2D eigenvalue weighted by atomic mass is 16.5. The lowest BCUT2D eigenvalue weighted by Crippen LogP contribution is -2.31. The third-order valence-corrected chi connectivity index (χ3v) is 4.00. The van der Waals surface area contributed by atoms with Crippen molar-refractivity contribution in [2.75, 3.05) is 13.2 Å². The highest BCUT2D eigenvalue weighted by molar-refractivity contribution is 5.33. The molecule has 1 unspecified atom stereocenters. The van der Waals surface area contributed by atoms with Crippen molar-refractivity contribution in [3.05, 3.63) is 34.9 Å². The van der Waals surface area contributed by atoms with Gasteiger partial charge in [0.1, 0.15) is 0 Å². The second-order valence-electron chi connectivity index (χ2n) is 5.75. The molecule has 0 saturated heterocycles. The van der Waals surface area contributed by atoms with Crippen molar-refractivity contribution in [2.24, 2.45) is 0 Å². The summed E-state index contributed by atoms with van der Waals surface area (Å²) in [4.78, 5) is 0. The maximum atomic E-state index is 6.02. The first-order chi connectivity index (χ1) is 9.20. The van der Waals surface area contributed by atoms with E-state index in [1.807, 2.05) is 0 Å². The second-order valence-corrected chi connectivity index (χ2v) is 5.75. The molecule has 0 aromatic heterocycles. The Morgan fingerprint density at radius 2 is 2.11 bits per heavy atom. The van der Waals surface area contributed by atoms with E-state index in [1.165, 1.54) is 36.0 Å². The number of aryl methyl sites for hydroxylation is 2. The first-order valence-corrected chi connectivity index (χ1v) is 7.63. The van der Waals surface area contributed by atoms with Gasteiger partial charge in [-0.2, -0.15) is 0 Å². The molecule has 1 fully saturated rings. The van der Waals surface area contributed by atoms with Crippen LogP contribution in [0, 0.1) is 13.8 Å². The molecule has 106 valence electrons. The molecule has 0 radical (unpaired) electrons. The van der Waals surface area contributed by atoms with Crippen molar-refractivity contribution in [3.63, 3.8) is 0 Å². The Hall–Kier alpha value is -0.860. The van der Waals surface area contributed by atoms with Gasteiger partial charge in [-0.1, -0.05) is 30.7 Å². The Labute approximate surface area is 117 Å². The van der Waals surface area contributed by atoms with E-state index in [0.717, 1.165) is 19.6 Å². The average Bonchev–Trinajstić information content (AvgIpc) is 2.34. The van der Waals surface area contributed by atoms with Crippen molar-refractivity contribution >= 4 is 0 Å². The zero-order valence-corrected chi connectivity index (χ0v) is 12.5. The van der Waals surface area contributed by atoms with Gasteiger partial charge in [0.05, 0.1) is 18.8 Å². The van der Waals surface area contributed by atoms with Gasteiger partial charge in [-0.3, -0.25) is 0 Å².